The predicted molar refractivity (Wildman–Crippen MR) is 70.6 cm³/mol. The second-order valence-corrected chi connectivity index (χ2v) is 4.19. The lowest BCUT2D eigenvalue weighted by atomic mass is 10.3. The summed E-state index contributed by atoms with van der Waals surface area (Å²) in [6.45, 7) is 0. The lowest BCUT2D eigenvalue weighted by molar-refractivity contribution is -0.384. The number of halogens is 2. The Bertz CT molecular complexity index is 605. The fourth-order valence-corrected chi connectivity index (χ4v) is 1.74. The molecule has 0 amide bonds. The van der Waals surface area contributed by atoms with Crippen LogP contribution in [0.3, 0.4) is 0 Å². The fourth-order valence-electron chi connectivity index (χ4n) is 1.35. The molecular formula is C11H7Cl2N3O2. The Labute approximate surface area is 113 Å². The van der Waals surface area contributed by atoms with E-state index in [0.717, 1.165) is 0 Å². The topological polar surface area (TPSA) is 68.1 Å². The molecule has 0 aliphatic rings. The minimum atomic E-state index is -0.536. The van der Waals surface area contributed by atoms with Crippen LogP contribution < -0.4 is 5.32 Å². The maximum Gasteiger partial charge on any atom is 0.276 e. The summed E-state index contributed by atoms with van der Waals surface area (Å²) in [5.74, 6) is 0.266. The maximum atomic E-state index is 10.7. The van der Waals surface area contributed by atoms with Crippen LogP contribution in [0.2, 0.25) is 10.2 Å². The maximum absolute atomic E-state index is 10.7. The summed E-state index contributed by atoms with van der Waals surface area (Å²) in [6.07, 6.45) is 0. The summed E-state index contributed by atoms with van der Waals surface area (Å²) < 4.78 is 0. The third-order valence-electron chi connectivity index (χ3n) is 2.13. The molecule has 1 aromatic carbocycles. The summed E-state index contributed by atoms with van der Waals surface area (Å²) in [6, 6.07) is 9.46. The second kappa shape index (κ2) is 5.20. The highest BCUT2D eigenvalue weighted by Gasteiger charge is 2.11. The van der Waals surface area contributed by atoms with Gasteiger partial charge in [0.1, 0.15) is 11.0 Å². The molecule has 0 unspecified atom stereocenters. The van der Waals surface area contributed by atoms with Gasteiger partial charge in [0.05, 0.1) is 27.8 Å². The molecule has 2 rings (SSSR count). The number of nitrogens with zero attached hydrogens (tertiary/aromatic N) is 2. The standard InChI is InChI=1S/C11H7Cl2N3O2/c12-8-3-1-2-4-9(8)14-11-6-7(16(17)18)5-10(13)15-11/h1-6H,(H,14,15). The van der Waals surface area contributed by atoms with Crippen molar-refractivity contribution in [2.45, 2.75) is 0 Å². The third kappa shape index (κ3) is 2.88. The van der Waals surface area contributed by atoms with Crippen LogP contribution >= 0.6 is 23.2 Å². The zero-order valence-corrected chi connectivity index (χ0v) is 10.4. The van der Waals surface area contributed by atoms with Gasteiger partial charge in [-0.3, -0.25) is 10.1 Å². The number of benzene rings is 1. The normalized spacial score (nSPS) is 10.1. The van der Waals surface area contributed by atoms with Gasteiger partial charge >= 0.3 is 0 Å². The van der Waals surface area contributed by atoms with Crippen LogP contribution in [-0.2, 0) is 0 Å². The third-order valence-corrected chi connectivity index (χ3v) is 2.65. The lowest BCUT2D eigenvalue weighted by Gasteiger charge is -2.07. The average Bonchev–Trinajstić information content (AvgIpc) is 2.31. The van der Waals surface area contributed by atoms with Crippen molar-refractivity contribution in [2.75, 3.05) is 5.32 Å². The van der Waals surface area contributed by atoms with Gasteiger partial charge < -0.3 is 5.32 Å². The van der Waals surface area contributed by atoms with E-state index < -0.39 is 4.92 Å². The van der Waals surface area contributed by atoms with Gasteiger partial charge in [0.15, 0.2) is 0 Å². The largest absolute Gasteiger partial charge is 0.339 e. The van der Waals surface area contributed by atoms with E-state index in [-0.39, 0.29) is 16.7 Å². The average molecular weight is 284 g/mol. The van der Waals surface area contributed by atoms with Crippen molar-refractivity contribution < 1.29 is 4.92 Å². The first-order chi connectivity index (χ1) is 8.56. The van der Waals surface area contributed by atoms with Gasteiger partial charge in [-0.2, -0.15) is 0 Å². The molecule has 0 spiro atoms. The van der Waals surface area contributed by atoms with Gasteiger partial charge in [-0.05, 0) is 12.1 Å². The molecule has 0 aliphatic carbocycles. The van der Waals surface area contributed by atoms with Gasteiger partial charge in [-0.15, -0.1) is 0 Å². The highest BCUT2D eigenvalue weighted by molar-refractivity contribution is 6.33. The number of nitro groups is 1. The monoisotopic (exact) mass is 283 g/mol. The molecule has 0 radical (unpaired) electrons. The SMILES string of the molecule is O=[N+]([O-])c1cc(Cl)nc(Nc2ccccc2Cl)c1. The quantitative estimate of drug-likeness (QED) is 0.524. The molecule has 1 heterocycles. The van der Waals surface area contributed by atoms with Gasteiger partial charge in [0, 0.05) is 0 Å². The van der Waals surface area contributed by atoms with E-state index in [0.29, 0.717) is 10.7 Å². The molecule has 2 aromatic rings. The molecule has 0 fully saturated rings. The number of rotatable bonds is 3. The lowest BCUT2D eigenvalue weighted by Crippen LogP contribution is -1.97. The molecule has 0 atom stereocenters. The zero-order chi connectivity index (χ0) is 13.1. The van der Waals surface area contributed by atoms with Gasteiger partial charge in [-0.1, -0.05) is 35.3 Å². The van der Waals surface area contributed by atoms with Crippen LogP contribution in [0.4, 0.5) is 17.2 Å². The fraction of sp³-hybridized carbons (Fsp3) is 0. The van der Waals surface area contributed by atoms with Crippen molar-refractivity contribution in [3.05, 3.63) is 56.7 Å². The van der Waals surface area contributed by atoms with E-state index in [1.54, 1.807) is 24.3 Å². The van der Waals surface area contributed by atoms with Gasteiger partial charge in [0.2, 0.25) is 0 Å². The van der Waals surface area contributed by atoms with E-state index in [9.17, 15) is 10.1 Å². The highest BCUT2D eigenvalue weighted by atomic mass is 35.5. The Morgan fingerprint density at radius 3 is 2.61 bits per heavy atom. The molecule has 7 heteroatoms. The smallest absolute Gasteiger partial charge is 0.276 e. The number of aromatic nitrogens is 1. The molecule has 1 N–H and O–H groups in total. The van der Waals surface area contributed by atoms with Crippen molar-refractivity contribution in [1.29, 1.82) is 0 Å². The number of hydrogen-bond donors (Lipinski definition) is 1. The molecular weight excluding hydrogens is 277 g/mol. The van der Waals surface area contributed by atoms with Crippen LogP contribution in [0.15, 0.2) is 36.4 Å². The second-order valence-electron chi connectivity index (χ2n) is 3.40. The highest BCUT2D eigenvalue weighted by Crippen LogP contribution is 2.27. The number of pyridine rings is 1. The van der Waals surface area contributed by atoms with Crippen LogP contribution in [0, 0.1) is 10.1 Å². The first kappa shape index (κ1) is 12.6. The van der Waals surface area contributed by atoms with Crippen LogP contribution in [-0.4, -0.2) is 9.91 Å². The summed E-state index contributed by atoms with van der Waals surface area (Å²) in [7, 11) is 0. The first-order valence-corrected chi connectivity index (χ1v) is 5.65. The molecule has 92 valence electrons. The molecule has 0 bridgehead atoms. The van der Waals surface area contributed by atoms with E-state index >= 15 is 0 Å². The minimum absolute atomic E-state index is 0.0405. The Morgan fingerprint density at radius 2 is 1.94 bits per heavy atom. The summed E-state index contributed by atoms with van der Waals surface area (Å²) in [5.41, 5.74) is 0.466. The van der Waals surface area contributed by atoms with Gasteiger partial charge in [-0.25, -0.2) is 4.98 Å². The zero-order valence-electron chi connectivity index (χ0n) is 8.93. The van der Waals surface area contributed by atoms with Crippen molar-refractivity contribution in [1.82, 2.24) is 4.98 Å². The van der Waals surface area contributed by atoms with Crippen molar-refractivity contribution in [3.8, 4) is 0 Å². The minimum Gasteiger partial charge on any atom is -0.339 e. The Hall–Kier alpha value is -1.85. The Balaban J connectivity index is 2.35. The molecule has 0 saturated carbocycles. The molecule has 1 aromatic heterocycles. The van der Waals surface area contributed by atoms with E-state index in [2.05, 4.69) is 10.3 Å². The van der Waals surface area contributed by atoms with Crippen molar-refractivity contribution in [3.63, 3.8) is 0 Å². The molecule has 0 saturated heterocycles. The summed E-state index contributed by atoms with van der Waals surface area (Å²) in [5, 5.41) is 14.1. The number of hydrogen-bond acceptors (Lipinski definition) is 4. The number of nitrogens with one attached hydrogen (secondary N) is 1. The van der Waals surface area contributed by atoms with Gasteiger partial charge in [0.25, 0.3) is 5.69 Å². The van der Waals surface area contributed by atoms with Crippen LogP contribution in [0.5, 0.6) is 0 Å². The Morgan fingerprint density at radius 1 is 1.22 bits per heavy atom. The molecule has 18 heavy (non-hydrogen) atoms. The first-order valence-electron chi connectivity index (χ1n) is 4.90. The Kier molecular flexibility index (Phi) is 3.64. The molecule has 5 nitrogen and oxygen atoms in total. The van der Waals surface area contributed by atoms with E-state index in [4.69, 9.17) is 23.2 Å². The summed E-state index contributed by atoms with van der Waals surface area (Å²) in [4.78, 5) is 14.1. The summed E-state index contributed by atoms with van der Waals surface area (Å²) >= 11 is 11.7. The number of para-hydroxylation sites is 1. The predicted octanol–water partition coefficient (Wildman–Crippen LogP) is 4.04. The molecule has 0 aliphatic heterocycles. The number of anilines is 2. The van der Waals surface area contributed by atoms with Crippen molar-refractivity contribution in [2.24, 2.45) is 0 Å². The van der Waals surface area contributed by atoms with Crippen LogP contribution in [0.1, 0.15) is 0 Å². The van der Waals surface area contributed by atoms with E-state index in [1.165, 1.54) is 12.1 Å². The van der Waals surface area contributed by atoms with E-state index in [1.807, 2.05) is 0 Å². The van der Waals surface area contributed by atoms with Crippen LogP contribution in [0.25, 0.3) is 0 Å². The van der Waals surface area contributed by atoms with Crippen molar-refractivity contribution >= 4 is 40.4 Å².